The van der Waals surface area contributed by atoms with Crippen molar-refractivity contribution in [2.45, 2.75) is 305 Å². The first kappa shape index (κ1) is 85.9. The fraction of sp³-hybridized carbons (Fsp3) is 0.966. The summed E-state index contributed by atoms with van der Waals surface area (Å²) in [4.78, 5) is 26.4. The number of ether oxygens (including phenoxy) is 16. The number of rotatable bonds is 28. The predicted octanol–water partition coefficient (Wildman–Crippen LogP) is -17.6. The van der Waals surface area contributed by atoms with Crippen molar-refractivity contribution in [1.29, 1.82) is 0 Å². The van der Waals surface area contributed by atoms with Crippen LogP contribution in [0.25, 0.3) is 0 Å². The van der Waals surface area contributed by atoms with Crippen molar-refractivity contribution in [3.8, 4) is 0 Å². The van der Waals surface area contributed by atoms with E-state index in [1.54, 1.807) is 0 Å². The zero-order valence-corrected chi connectivity index (χ0v) is 55.9. The fourth-order valence-corrected chi connectivity index (χ4v) is 13.2. The first-order valence-electron chi connectivity index (χ1n) is 33.1. The molecule has 0 bridgehead atoms. The van der Waals surface area contributed by atoms with Crippen molar-refractivity contribution in [2.24, 2.45) is 0 Å². The van der Waals surface area contributed by atoms with Gasteiger partial charge >= 0.3 is 0 Å². The van der Waals surface area contributed by atoms with E-state index in [0.29, 0.717) is 0 Å². The zero-order chi connectivity index (χ0) is 76.2. The molecule has 0 aromatic rings. The van der Waals surface area contributed by atoms with Gasteiger partial charge in [-0.05, 0) is 20.8 Å². The summed E-state index contributed by atoms with van der Waals surface area (Å²) in [5.74, 6) is -1.96. The van der Waals surface area contributed by atoms with E-state index in [0.717, 1.165) is 13.8 Å². The molecular formula is C58H100N2O43. The van der Waals surface area contributed by atoms with Crippen molar-refractivity contribution in [2.75, 3.05) is 46.2 Å². The van der Waals surface area contributed by atoms with E-state index >= 15 is 0 Å². The van der Waals surface area contributed by atoms with Crippen LogP contribution >= 0.6 is 0 Å². The maximum absolute atomic E-state index is 13.4. The molecule has 2 amide bonds. The second kappa shape index (κ2) is 37.3. The van der Waals surface area contributed by atoms with Gasteiger partial charge in [-0.2, -0.15) is 0 Å². The van der Waals surface area contributed by atoms with Crippen LogP contribution in [0, 0.1) is 0 Å². The molecule has 0 spiro atoms. The van der Waals surface area contributed by atoms with Crippen LogP contribution in [0.4, 0.5) is 0 Å². The Labute approximate surface area is 585 Å². The third kappa shape index (κ3) is 18.9. The lowest BCUT2D eigenvalue weighted by Gasteiger charge is -2.52. The molecule has 8 fully saturated rings. The van der Waals surface area contributed by atoms with Gasteiger partial charge in [0.1, 0.15) is 201 Å². The molecule has 0 aliphatic carbocycles. The molecule has 0 saturated carbocycles. The van der Waals surface area contributed by atoms with Crippen molar-refractivity contribution in [3.63, 3.8) is 0 Å². The van der Waals surface area contributed by atoms with Crippen molar-refractivity contribution >= 4 is 11.8 Å². The number of carbonyl (C=O) groups excluding carboxylic acids is 2. The van der Waals surface area contributed by atoms with Gasteiger partial charge in [0.2, 0.25) is 11.8 Å². The van der Waals surface area contributed by atoms with Gasteiger partial charge in [0.05, 0.1) is 64.6 Å². The first-order valence-corrected chi connectivity index (χ1v) is 33.1. The minimum Gasteiger partial charge on any atom is -0.394 e. The van der Waals surface area contributed by atoms with Gasteiger partial charge < -0.3 is 214 Å². The largest absolute Gasteiger partial charge is 0.394 e. The summed E-state index contributed by atoms with van der Waals surface area (Å²) in [7, 11) is 0. The number of aliphatic hydroxyl groups is 25. The number of hydrogen-bond acceptors (Lipinski definition) is 43. The first-order chi connectivity index (χ1) is 48.6. The van der Waals surface area contributed by atoms with Crippen LogP contribution in [0.1, 0.15) is 34.6 Å². The molecule has 0 aromatic carbocycles. The average Bonchev–Trinajstić information content (AvgIpc) is 0.765. The Morgan fingerprint density at radius 1 is 0.301 bits per heavy atom. The molecule has 8 rings (SSSR count). The molecule has 45 heteroatoms. The van der Waals surface area contributed by atoms with E-state index in [1.165, 1.54) is 20.8 Å². The van der Waals surface area contributed by atoms with Crippen LogP contribution in [-0.4, -0.2) is 456 Å². The lowest BCUT2D eigenvalue weighted by molar-refractivity contribution is -0.400. The van der Waals surface area contributed by atoms with Gasteiger partial charge in [0.25, 0.3) is 0 Å². The van der Waals surface area contributed by atoms with Crippen LogP contribution in [0.15, 0.2) is 0 Å². The Kier molecular flexibility index (Phi) is 31.1. The minimum absolute atomic E-state index is 0.929. The number of hydrogen-bond donors (Lipinski definition) is 27. The molecule has 8 saturated heterocycles. The third-order valence-corrected chi connectivity index (χ3v) is 19.1. The number of carbonyl (C=O) groups is 2. The van der Waals surface area contributed by atoms with E-state index in [4.69, 9.17) is 75.8 Å². The SMILES string of the molecule is CC(=O)N[C@H]1[C@H](O[C@H]2[C@@H](O)[C@@H](CO)O[C@@H](O[C@@H]([C@H](O[C@@H]3O[C@@H](C)[C@@H](O)[C@@H](O)[C@@H]3O)[C@@H](O)CO)[C@H](O)CO)[C@@H]2O)O[C@H](CO)[C@@H](O[C@@H]2O[C@H](CO)[C@H](O)[C@H](O[C@@H]3O[C@H](CO)[C@@H](O[C@@H]4O[C@@H](C)[C@@H](O)[C@@H](O)[C@@H]4O)[C@H](O[C@@H]4O[C@H](CO)[C@H](O)[C@H](O)[C@H]4O[C@@H]4O[C@@H](C)[C@@H](O)[C@@H](O)[C@@H]4O)[C@H]3NC(C)=O)[C@H]2O)[C@@H]1O. The highest BCUT2D eigenvalue weighted by atomic mass is 16.8. The molecule has 27 N–H and O–H groups in total. The summed E-state index contributed by atoms with van der Waals surface area (Å²) >= 11 is 0. The summed E-state index contributed by atoms with van der Waals surface area (Å²) in [6, 6.07) is -3.99. The highest BCUT2D eigenvalue weighted by Gasteiger charge is 2.61. The monoisotopic (exact) mass is 1510 g/mol. The number of aliphatic hydroxyl groups excluding tert-OH is 25. The second-order valence-corrected chi connectivity index (χ2v) is 26.4. The molecule has 45 nitrogen and oxygen atoms in total. The normalized spacial score (nSPS) is 49.1. The van der Waals surface area contributed by atoms with Gasteiger partial charge in [-0.3, -0.25) is 9.59 Å². The van der Waals surface area contributed by atoms with Crippen LogP contribution in [0.5, 0.6) is 0 Å². The van der Waals surface area contributed by atoms with Gasteiger partial charge in [0, 0.05) is 13.8 Å². The van der Waals surface area contributed by atoms with Gasteiger partial charge in [-0.1, -0.05) is 0 Å². The molecular weight excluding hydrogens is 1410 g/mol. The average molecular weight is 1510 g/mol. The summed E-state index contributed by atoms with van der Waals surface area (Å²) in [6.07, 6.45) is -84.5. The lowest BCUT2D eigenvalue weighted by atomic mass is 9.93. The lowest BCUT2D eigenvalue weighted by Crippen LogP contribution is -2.72. The molecule has 0 radical (unpaired) electrons. The Hall–Kier alpha value is -2.70. The maximum Gasteiger partial charge on any atom is 0.217 e. The maximum atomic E-state index is 13.4. The van der Waals surface area contributed by atoms with Crippen LogP contribution in [-0.2, 0) is 85.4 Å². The molecule has 0 aromatic heterocycles. The second-order valence-electron chi connectivity index (χ2n) is 26.4. The van der Waals surface area contributed by atoms with E-state index in [1.807, 2.05) is 0 Å². The van der Waals surface area contributed by atoms with E-state index < -0.39 is 328 Å². The Morgan fingerprint density at radius 3 is 1.05 bits per heavy atom. The zero-order valence-electron chi connectivity index (χ0n) is 55.9. The summed E-state index contributed by atoms with van der Waals surface area (Å²) in [6.45, 7) is -2.52. The van der Waals surface area contributed by atoms with Crippen molar-refractivity contribution in [3.05, 3.63) is 0 Å². The highest BCUT2D eigenvalue weighted by Crippen LogP contribution is 2.40. The van der Waals surface area contributed by atoms with Crippen LogP contribution in [0.3, 0.4) is 0 Å². The molecule has 0 unspecified atom stereocenters. The molecule has 8 aliphatic rings. The fourth-order valence-electron chi connectivity index (χ4n) is 13.2. The quantitative estimate of drug-likeness (QED) is 0.0346. The molecule has 600 valence electrons. The molecule has 8 heterocycles. The van der Waals surface area contributed by atoms with Crippen molar-refractivity contribution in [1.82, 2.24) is 10.6 Å². The van der Waals surface area contributed by atoms with Crippen molar-refractivity contribution < 1.29 is 213 Å². The van der Waals surface area contributed by atoms with Crippen LogP contribution < -0.4 is 10.6 Å². The predicted molar refractivity (Wildman–Crippen MR) is 318 cm³/mol. The van der Waals surface area contributed by atoms with Gasteiger partial charge in [-0.25, -0.2) is 0 Å². The topological polar surface area (TPSA) is 712 Å². The van der Waals surface area contributed by atoms with Gasteiger partial charge in [-0.15, -0.1) is 0 Å². The number of nitrogens with one attached hydrogen (secondary N) is 2. The molecule has 8 aliphatic heterocycles. The smallest absolute Gasteiger partial charge is 0.217 e. The summed E-state index contributed by atoms with van der Waals surface area (Å²) in [5.41, 5.74) is 0. The van der Waals surface area contributed by atoms with E-state index in [-0.39, 0.29) is 0 Å². The Morgan fingerprint density at radius 2 is 0.612 bits per heavy atom. The standard InChI is InChI=1S/C58H100N2O43/c1-13-27(72)34(79)38(83)53(88-13)96-43(18(70)6-61)44(19(71)7-62)97-56-41(86)48(31(76)21(9-64)91-56)101-51-25(59-16(4)68)33(78)45(23(11-66)94-51)98-57-42(87)49(32(77)22(10-65)92-57)102-52-26(60-17(5)69)47(46(24(12-67)95-52)99-54-39(84)35(80)28(73)14(2)89-54)100-58-50(37(82)30(75)20(8-63)93-58)103-55-40(85)36(81)29(74)15(3)90-55/h13-15,18-58,61-67,70-87H,6-12H2,1-5H3,(H,59,68)(H,60,69)/t13-,14-,15-,18-,19+,20+,21+,22+,23+,24+,25+,26+,27+,28+,29+,30-,31-,32-,33+,34+,35+,36+,37-,38-,39-,40-,41+,42+,43+,44+,45+,46+,47+,48-,49-,50+,51-,52-,53-,54-,55-,56-,57-,58-/m0/s1. The van der Waals surface area contributed by atoms with Crippen LogP contribution in [0.2, 0.25) is 0 Å². The van der Waals surface area contributed by atoms with Gasteiger partial charge in [0.15, 0.2) is 50.3 Å². The summed E-state index contributed by atoms with van der Waals surface area (Å²) < 4.78 is 94.6. The Bertz CT molecular complexity index is 2610. The molecule has 44 atom stereocenters. The van der Waals surface area contributed by atoms with E-state index in [2.05, 4.69) is 10.6 Å². The minimum atomic E-state index is -2.43. The summed E-state index contributed by atoms with van der Waals surface area (Å²) in [5, 5.41) is 279. The molecule has 103 heavy (non-hydrogen) atoms. The number of amides is 2. The Balaban J connectivity index is 1.08. The van der Waals surface area contributed by atoms with E-state index in [9.17, 15) is 137 Å². The third-order valence-electron chi connectivity index (χ3n) is 19.1. The highest BCUT2D eigenvalue weighted by molar-refractivity contribution is 5.73.